The Bertz CT molecular complexity index is 391. The van der Waals surface area contributed by atoms with Gasteiger partial charge in [-0.1, -0.05) is 17.7 Å². The van der Waals surface area contributed by atoms with Crippen LogP contribution in [0.5, 0.6) is 0 Å². The number of anilines is 1. The van der Waals surface area contributed by atoms with Gasteiger partial charge in [-0.25, -0.2) is 0 Å². The molecule has 0 bridgehead atoms. The molecule has 0 saturated carbocycles. The van der Waals surface area contributed by atoms with Gasteiger partial charge in [0.2, 0.25) is 0 Å². The fourth-order valence-electron chi connectivity index (χ4n) is 1.10. The van der Waals surface area contributed by atoms with Crippen LogP contribution < -0.4 is 5.32 Å². The van der Waals surface area contributed by atoms with Crippen LogP contribution in [0, 0.1) is 11.3 Å². The molecule has 1 aromatic carbocycles. The molecule has 80 valence electrons. The minimum atomic E-state index is -0.824. The molecule has 0 aliphatic heterocycles. The Labute approximate surface area is 94.3 Å². The number of nitrogens with zero attached hydrogens (tertiary/aromatic N) is 1. The third-order valence-electron chi connectivity index (χ3n) is 1.84. The Balaban J connectivity index is 2.87. The standard InChI is InChI=1S/C11H13ClN2O/c1-11(2,15)7-14-10-5-3-4-9(12)8(10)6-13/h3-5,14-15H,7H2,1-2H3. The number of rotatable bonds is 3. The summed E-state index contributed by atoms with van der Waals surface area (Å²) in [5.74, 6) is 0. The number of nitriles is 1. The lowest BCUT2D eigenvalue weighted by Crippen LogP contribution is -2.29. The zero-order chi connectivity index (χ0) is 11.5. The van der Waals surface area contributed by atoms with E-state index in [0.717, 1.165) is 0 Å². The average Bonchev–Trinajstić information content (AvgIpc) is 2.13. The highest BCUT2D eigenvalue weighted by atomic mass is 35.5. The van der Waals surface area contributed by atoms with Crippen LogP contribution in [0.4, 0.5) is 5.69 Å². The van der Waals surface area contributed by atoms with E-state index in [1.165, 1.54) is 0 Å². The van der Waals surface area contributed by atoms with Gasteiger partial charge >= 0.3 is 0 Å². The molecule has 0 spiro atoms. The summed E-state index contributed by atoms with van der Waals surface area (Å²) in [6.45, 7) is 3.75. The van der Waals surface area contributed by atoms with E-state index in [4.69, 9.17) is 16.9 Å². The van der Waals surface area contributed by atoms with Gasteiger partial charge in [-0.15, -0.1) is 0 Å². The number of halogens is 1. The van der Waals surface area contributed by atoms with Crippen molar-refractivity contribution in [3.05, 3.63) is 28.8 Å². The molecule has 0 atom stereocenters. The van der Waals surface area contributed by atoms with Gasteiger partial charge in [0.1, 0.15) is 6.07 Å². The van der Waals surface area contributed by atoms with Gasteiger partial charge in [0, 0.05) is 6.54 Å². The molecular formula is C11H13ClN2O. The first kappa shape index (κ1) is 11.8. The zero-order valence-electron chi connectivity index (χ0n) is 8.71. The number of benzene rings is 1. The topological polar surface area (TPSA) is 56.0 Å². The Kier molecular flexibility index (Phi) is 3.57. The van der Waals surface area contributed by atoms with E-state index < -0.39 is 5.60 Å². The Hall–Kier alpha value is -1.24. The van der Waals surface area contributed by atoms with Crippen LogP contribution in [0.15, 0.2) is 18.2 Å². The molecule has 0 fully saturated rings. The van der Waals surface area contributed by atoms with Gasteiger partial charge in [0.25, 0.3) is 0 Å². The molecule has 3 nitrogen and oxygen atoms in total. The molecule has 0 aliphatic carbocycles. The SMILES string of the molecule is CC(C)(O)CNc1cccc(Cl)c1C#N. The van der Waals surface area contributed by atoms with Crippen molar-refractivity contribution < 1.29 is 5.11 Å². The van der Waals surface area contributed by atoms with Crippen molar-refractivity contribution >= 4 is 17.3 Å². The van der Waals surface area contributed by atoms with Crippen LogP contribution in [0.2, 0.25) is 5.02 Å². The minimum absolute atomic E-state index is 0.363. The normalized spacial score (nSPS) is 10.9. The first-order valence-corrected chi connectivity index (χ1v) is 4.97. The highest BCUT2D eigenvalue weighted by Crippen LogP contribution is 2.23. The maximum Gasteiger partial charge on any atom is 0.103 e. The third-order valence-corrected chi connectivity index (χ3v) is 2.15. The first-order chi connectivity index (χ1) is 6.94. The van der Waals surface area contributed by atoms with Crippen molar-refractivity contribution in [2.45, 2.75) is 19.4 Å². The third kappa shape index (κ3) is 3.43. The molecule has 0 radical (unpaired) electrons. The van der Waals surface area contributed by atoms with Crippen LogP contribution in [0.1, 0.15) is 19.4 Å². The van der Waals surface area contributed by atoms with Gasteiger partial charge in [0.05, 0.1) is 21.9 Å². The first-order valence-electron chi connectivity index (χ1n) is 4.59. The van der Waals surface area contributed by atoms with E-state index in [-0.39, 0.29) is 0 Å². The van der Waals surface area contributed by atoms with Crippen molar-refractivity contribution in [1.82, 2.24) is 0 Å². The van der Waals surface area contributed by atoms with E-state index in [1.807, 2.05) is 6.07 Å². The fraction of sp³-hybridized carbons (Fsp3) is 0.364. The smallest absolute Gasteiger partial charge is 0.103 e. The zero-order valence-corrected chi connectivity index (χ0v) is 9.47. The number of hydrogen-bond donors (Lipinski definition) is 2. The van der Waals surface area contributed by atoms with Crippen LogP contribution in [-0.4, -0.2) is 17.3 Å². The van der Waals surface area contributed by atoms with E-state index >= 15 is 0 Å². The summed E-state index contributed by atoms with van der Waals surface area (Å²) in [6.07, 6.45) is 0. The number of nitrogens with one attached hydrogen (secondary N) is 1. The van der Waals surface area contributed by atoms with Crippen LogP contribution in [0.3, 0.4) is 0 Å². The van der Waals surface area contributed by atoms with Crippen molar-refractivity contribution in [3.8, 4) is 6.07 Å². The second-order valence-corrected chi connectivity index (χ2v) is 4.35. The van der Waals surface area contributed by atoms with Gasteiger partial charge in [0.15, 0.2) is 0 Å². The minimum Gasteiger partial charge on any atom is -0.389 e. The summed E-state index contributed by atoms with van der Waals surface area (Å²) >= 11 is 5.85. The molecule has 0 heterocycles. The second kappa shape index (κ2) is 4.52. The summed E-state index contributed by atoms with van der Waals surface area (Å²) < 4.78 is 0. The molecule has 4 heteroatoms. The molecule has 1 rings (SSSR count). The summed E-state index contributed by atoms with van der Waals surface area (Å²) in [4.78, 5) is 0. The van der Waals surface area contributed by atoms with Crippen LogP contribution >= 0.6 is 11.6 Å². The van der Waals surface area contributed by atoms with Crippen molar-refractivity contribution in [3.63, 3.8) is 0 Å². The van der Waals surface area contributed by atoms with E-state index in [2.05, 4.69) is 5.32 Å². The highest BCUT2D eigenvalue weighted by molar-refractivity contribution is 6.32. The molecule has 0 unspecified atom stereocenters. The summed E-state index contributed by atoms with van der Waals surface area (Å²) in [6, 6.07) is 7.21. The van der Waals surface area contributed by atoms with Gasteiger partial charge < -0.3 is 10.4 Å². The largest absolute Gasteiger partial charge is 0.389 e. The molecule has 1 aromatic rings. The summed E-state index contributed by atoms with van der Waals surface area (Å²) in [5, 5.41) is 21.8. The Morgan fingerprint density at radius 3 is 2.73 bits per heavy atom. The van der Waals surface area contributed by atoms with Gasteiger partial charge in [-0.2, -0.15) is 5.26 Å². The molecule has 0 aromatic heterocycles. The Morgan fingerprint density at radius 1 is 1.53 bits per heavy atom. The van der Waals surface area contributed by atoms with E-state index in [1.54, 1.807) is 32.0 Å². The Morgan fingerprint density at radius 2 is 2.20 bits per heavy atom. The number of hydrogen-bond acceptors (Lipinski definition) is 3. The quantitative estimate of drug-likeness (QED) is 0.829. The predicted molar refractivity (Wildman–Crippen MR) is 61.0 cm³/mol. The molecule has 0 amide bonds. The van der Waals surface area contributed by atoms with Crippen molar-refractivity contribution in [2.75, 3.05) is 11.9 Å². The summed E-state index contributed by atoms with van der Waals surface area (Å²) in [5.41, 5.74) is 0.227. The maximum absolute atomic E-state index is 9.53. The lowest BCUT2D eigenvalue weighted by atomic mass is 10.1. The molecule has 0 saturated heterocycles. The average molecular weight is 225 g/mol. The molecule has 2 N–H and O–H groups in total. The van der Waals surface area contributed by atoms with Gasteiger partial charge in [-0.3, -0.25) is 0 Å². The second-order valence-electron chi connectivity index (χ2n) is 3.94. The molecule has 0 aliphatic rings. The number of aliphatic hydroxyl groups is 1. The van der Waals surface area contributed by atoms with Gasteiger partial charge in [-0.05, 0) is 26.0 Å². The van der Waals surface area contributed by atoms with Crippen LogP contribution in [0.25, 0.3) is 0 Å². The monoisotopic (exact) mass is 224 g/mol. The van der Waals surface area contributed by atoms with Crippen molar-refractivity contribution in [1.29, 1.82) is 5.26 Å². The lowest BCUT2D eigenvalue weighted by Gasteiger charge is -2.19. The van der Waals surface area contributed by atoms with E-state index in [9.17, 15) is 5.11 Å². The maximum atomic E-state index is 9.53. The molecule has 15 heavy (non-hydrogen) atoms. The lowest BCUT2D eigenvalue weighted by molar-refractivity contribution is 0.0945. The van der Waals surface area contributed by atoms with Crippen molar-refractivity contribution in [2.24, 2.45) is 0 Å². The predicted octanol–water partition coefficient (Wildman–Crippen LogP) is 2.39. The van der Waals surface area contributed by atoms with E-state index in [0.29, 0.717) is 22.8 Å². The highest BCUT2D eigenvalue weighted by Gasteiger charge is 2.13. The summed E-state index contributed by atoms with van der Waals surface area (Å²) in [7, 11) is 0. The molecular weight excluding hydrogens is 212 g/mol. The van der Waals surface area contributed by atoms with Crippen LogP contribution in [-0.2, 0) is 0 Å². The fourth-order valence-corrected chi connectivity index (χ4v) is 1.31.